The van der Waals surface area contributed by atoms with Crippen LogP contribution in [0.5, 0.6) is 0 Å². The molecule has 1 aromatic heterocycles. The summed E-state index contributed by atoms with van der Waals surface area (Å²) < 4.78 is 29.9. The highest BCUT2D eigenvalue weighted by Gasteiger charge is 2.39. The average Bonchev–Trinajstić information content (AvgIpc) is 2.93. The molecule has 156 valence electrons. The Morgan fingerprint density at radius 3 is 2.69 bits per heavy atom. The van der Waals surface area contributed by atoms with Crippen molar-refractivity contribution < 1.29 is 22.7 Å². The summed E-state index contributed by atoms with van der Waals surface area (Å²) >= 11 is 0. The van der Waals surface area contributed by atoms with Crippen molar-refractivity contribution in [3.8, 4) is 0 Å². The van der Waals surface area contributed by atoms with E-state index in [4.69, 9.17) is 4.74 Å². The van der Waals surface area contributed by atoms with Gasteiger partial charge in [-0.3, -0.25) is 9.59 Å². The third kappa shape index (κ3) is 4.47. The second-order valence-corrected chi connectivity index (χ2v) is 9.66. The number of hydrogen-bond acceptors (Lipinski definition) is 7. The topological polar surface area (TPSA) is 124 Å². The summed E-state index contributed by atoms with van der Waals surface area (Å²) in [5.74, 6) is -1.38. The third-order valence-corrected chi connectivity index (χ3v) is 6.84. The van der Waals surface area contributed by atoms with E-state index in [0.717, 1.165) is 0 Å². The van der Waals surface area contributed by atoms with E-state index in [1.807, 2.05) is 6.92 Å². The minimum absolute atomic E-state index is 0.0237. The zero-order valence-corrected chi connectivity index (χ0v) is 17.3. The van der Waals surface area contributed by atoms with Gasteiger partial charge >= 0.3 is 5.97 Å². The van der Waals surface area contributed by atoms with Gasteiger partial charge in [-0.05, 0) is 45.4 Å². The number of hydrogen-bond donors (Lipinski definition) is 1. The molecule has 2 aromatic rings. The van der Waals surface area contributed by atoms with E-state index in [1.54, 1.807) is 24.5 Å². The van der Waals surface area contributed by atoms with Crippen LogP contribution in [0.2, 0.25) is 0 Å². The molecule has 10 heteroatoms. The van der Waals surface area contributed by atoms with E-state index in [0.29, 0.717) is 29.7 Å². The van der Waals surface area contributed by atoms with Gasteiger partial charge in [0, 0.05) is 6.54 Å². The van der Waals surface area contributed by atoms with Gasteiger partial charge in [-0.2, -0.15) is 0 Å². The number of esters is 1. The standard InChI is InChI=1S/C19H23N3O6S/c1-4-22-15-6-5-13(9-14(15)20-12(2)17(22)24)18(25)28-10-16(23)21-19(3)7-8-29(26,27)11-19/h5-6,9H,4,7-8,10-11H2,1-3H3,(H,21,23)/t19-/m1/s1. The van der Waals surface area contributed by atoms with E-state index in [2.05, 4.69) is 10.3 Å². The molecule has 1 aliphatic heterocycles. The average molecular weight is 421 g/mol. The van der Waals surface area contributed by atoms with Crippen molar-refractivity contribution in [1.82, 2.24) is 14.9 Å². The highest BCUT2D eigenvalue weighted by atomic mass is 32.2. The maximum absolute atomic E-state index is 12.3. The van der Waals surface area contributed by atoms with E-state index in [-0.39, 0.29) is 22.6 Å². The molecular weight excluding hydrogens is 398 g/mol. The van der Waals surface area contributed by atoms with Gasteiger partial charge in [-0.25, -0.2) is 18.2 Å². The number of rotatable bonds is 5. The van der Waals surface area contributed by atoms with Crippen LogP contribution in [-0.2, 0) is 25.9 Å². The Morgan fingerprint density at radius 1 is 1.34 bits per heavy atom. The molecule has 0 aliphatic carbocycles. The third-order valence-electron chi connectivity index (χ3n) is 4.94. The Hall–Kier alpha value is -2.75. The molecule has 1 aromatic carbocycles. The van der Waals surface area contributed by atoms with Gasteiger partial charge in [0.25, 0.3) is 11.5 Å². The zero-order chi connectivity index (χ0) is 21.4. The lowest BCUT2D eigenvalue weighted by Gasteiger charge is -2.23. The summed E-state index contributed by atoms with van der Waals surface area (Å²) in [5, 5.41) is 2.63. The summed E-state index contributed by atoms with van der Waals surface area (Å²) in [6.07, 6.45) is 0.323. The molecule has 29 heavy (non-hydrogen) atoms. The number of carbonyl (C=O) groups excluding carboxylic acids is 2. The molecule has 1 atom stereocenters. The van der Waals surface area contributed by atoms with Crippen LogP contribution < -0.4 is 10.9 Å². The Kier molecular flexibility index (Phi) is 5.48. The monoisotopic (exact) mass is 421 g/mol. The first-order valence-electron chi connectivity index (χ1n) is 9.23. The predicted octanol–water partition coefficient (Wildman–Crippen LogP) is 0.575. The van der Waals surface area contributed by atoms with E-state index in [1.165, 1.54) is 12.1 Å². The first-order chi connectivity index (χ1) is 13.5. The van der Waals surface area contributed by atoms with E-state index < -0.39 is 33.9 Å². The van der Waals surface area contributed by atoms with Crippen molar-refractivity contribution in [2.45, 2.75) is 39.3 Å². The number of fused-ring (bicyclic) bond motifs is 1. The van der Waals surface area contributed by atoms with Gasteiger partial charge in [-0.1, -0.05) is 0 Å². The van der Waals surface area contributed by atoms with Crippen LogP contribution in [-0.4, -0.2) is 53.5 Å². The molecule has 1 amide bonds. The number of sulfone groups is 1. The number of aromatic nitrogens is 2. The Morgan fingerprint density at radius 2 is 2.07 bits per heavy atom. The minimum Gasteiger partial charge on any atom is -0.452 e. The second kappa shape index (κ2) is 7.58. The summed E-state index contributed by atoms with van der Waals surface area (Å²) in [7, 11) is -3.16. The summed E-state index contributed by atoms with van der Waals surface area (Å²) in [5.41, 5.74) is 0.571. The molecule has 0 bridgehead atoms. The van der Waals surface area contributed by atoms with Gasteiger partial charge in [0.1, 0.15) is 5.69 Å². The maximum Gasteiger partial charge on any atom is 0.338 e. The summed E-state index contributed by atoms with van der Waals surface area (Å²) in [6.45, 7) is 5.05. The van der Waals surface area contributed by atoms with Gasteiger partial charge in [0.2, 0.25) is 0 Å². The Bertz CT molecular complexity index is 1150. The van der Waals surface area contributed by atoms with Crippen LogP contribution >= 0.6 is 0 Å². The maximum atomic E-state index is 12.3. The number of amides is 1. The van der Waals surface area contributed by atoms with E-state index in [9.17, 15) is 22.8 Å². The molecule has 1 fully saturated rings. The van der Waals surface area contributed by atoms with Crippen LogP contribution in [0.1, 0.15) is 36.3 Å². The Labute approximate surface area is 168 Å². The molecule has 1 saturated heterocycles. The molecule has 0 saturated carbocycles. The first kappa shape index (κ1) is 21.0. The fourth-order valence-electron chi connectivity index (χ4n) is 3.51. The molecule has 1 N–H and O–H groups in total. The lowest BCUT2D eigenvalue weighted by Crippen LogP contribution is -2.48. The second-order valence-electron chi connectivity index (χ2n) is 7.48. The van der Waals surface area contributed by atoms with Crippen LogP contribution in [0.25, 0.3) is 11.0 Å². The van der Waals surface area contributed by atoms with Gasteiger partial charge in [0.15, 0.2) is 16.4 Å². The lowest BCUT2D eigenvalue weighted by molar-refractivity contribution is -0.125. The molecule has 0 spiro atoms. The van der Waals surface area contributed by atoms with Crippen LogP contribution in [0, 0.1) is 6.92 Å². The molecule has 0 radical (unpaired) electrons. The lowest BCUT2D eigenvalue weighted by atomic mass is 10.0. The fourth-order valence-corrected chi connectivity index (χ4v) is 5.60. The van der Waals surface area contributed by atoms with Crippen molar-refractivity contribution in [3.63, 3.8) is 0 Å². The van der Waals surface area contributed by atoms with Crippen LogP contribution in [0.3, 0.4) is 0 Å². The molecular formula is C19H23N3O6S. The summed E-state index contributed by atoms with van der Waals surface area (Å²) in [4.78, 5) is 40.8. The number of benzene rings is 1. The number of nitrogens with zero attached hydrogens (tertiary/aromatic N) is 2. The minimum atomic E-state index is -3.16. The predicted molar refractivity (Wildman–Crippen MR) is 107 cm³/mol. The first-order valence-corrected chi connectivity index (χ1v) is 11.1. The van der Waals surface area contributed by atoms with Crippen molar-refractivity contribution in [3.05, 3.63) is 39.8 Å². The highest BCUT2D eigenvalue weighted by molar-refractivity contribution is 7.91. The number of aryl methyl sites for hydroxylation is 2. The van der Waals surface area contributed by atoms with Crippen molar-refractivity contribution in [2.75, 3.05) is 18.1 Å². The van der Waals surface area contributed by atoms with Crippen molar-refractivity contribution >= 4 is 32.7 Å². The van der Waals surface area contributed by atoms with Crippen LogP contribution in [0.15, 0.2) is 23.0 Å². The summed E-state index contributed by atoms with van der Waals surface area (Å²) in [6, 6.07) is 4.64. The molecule has 1 aliphatic rings. The largest absolute Gasteiger partial charge is 0.452 e. The molecule has 0 unspecified atom stereocenters. The van der Waals surface area contributed by atoms with Gasteiger partial charge in [-0.15, -0.1) is 0 Å². The SMILES string of the molecule is CCn1c(=O)c(C)nc2cc(C(=O)OCC(=O)N[C@]3(C)CCS(=O)(=O)C3)ccc21. The smallest absolute Gasteiger partial charge is 0.338 e. The Balaban J connectivity index is 1.69. The quantitative estimate of drug-likeness (QED) is 0.700. The van der Waals surface area contributed by atoms with Gasteiger partial charge in [0.05, 0.1) is 33.6 Å². The normalized spacial score (nSPS) is 20.5. The van der Waals surface area contributed by atoms with Gasteiger partial charge < -0.3 is 14.6 Å². The fraction of sp³-hybridized carbons (Fsp3) is 0.474. The van der Waals surface area contributed by atoms with Crippen molar-refractivity contribution in [1.29, 1.82) is 0 Å². The number of nitrogens with one attached hydrogen (secondary N) is 1. The molecule has 3 rings (SSSR count). The highest BCUT2D eigenvalue weighted by Crippen LogP contribution is 2.22. The van der Waals surface area contributed by atoms with E-state index >= 15 is 0 Å². The molecule has 9 nitrogen and oxygen atoms in total. The number of ether oxygens (including phenoxy) is 1. The van der Waals surface area contributed by atoms with Crippen molar-refractivity contribution in [2.24, 2.45) is 0 Å². The zero-order valence-electron chi connectivity index (χ0n) is 16.5. The number of carbonyl (C=O) groups is 2. The van der Waals surface area contributed by atoms with Crippen LogP contribution in [0.4, 0.5) is 0 Å². The molecule has 2 heterocycles.